The predicted molar refractivity (Wildman–Crippen MR) is 85.2 cm³/mol. The van der Waals surface area contributed by atoms with E-state index in [1.165, 1.54) is 18.4 Å². The van der Waals surface area contributed by atoms with Crippen molar-refractivity contribution in [3.05, 3.63) is 29.3 Å². The lowest BCUT2D eigenvalue weighted by Crippen LogP contribution is -2.40. The van der Waals surface area contributed by atoms with Gasteiger partial charge in [0.05, 0.1) is 7.11 Å². The minimum Gasteiger partial charge on any atom is -0.497 e. The Morgan fingerprint density at radius 1 is 1.33 bits per heavy atom. The molecule has 1 fully saturated rings. The molecule has 1 saturated heterocycles. The molecule has 0 saturated carbocycles. The summed E-state index contributed by atoms with van der Waals surface area (Å²) in [6.07, 6.45) is 2.57. The summed E-state index contributed by atoms with van der Waals surface area (Å²) in [4.78, 5) is 2.52. The van der Waals surface area contributed by atoms with Crippen molar-refractivity contribution < 1.29 is 9.84 Å². The molecule has 1 heterocycles. The van der Waals surface area contributed by atoms with Gasteiger partial charge in [-0.1, -0.05) is 18.8 Å². The molecule has 0 radical (unpaired) electrons. The molecule has 1 aliphatic rings. The van der Waals surface area contributed by atoms with Gasteiger partial charge in [-0.25, -0.2) is 0 Å². The van der Waals surface area contributed by atoms with Crippen molar-refractivity contribution in [1.82, 2.24) is 4.90 Å². The van der Waals surface area contributed by atoms with Gasteiger partial charge in [0, 0.05) is 24.7 Å². The first kappa shape index (κ1) is 15.9. The molecule has 1 aliphatic heterocycles. The van der Waals surface area contributed by atoms with E-state index in [4.69, 9.17) is 9.84 Å². The highest BCUT2D eigenvalue weighted by Crippen LogP contribution is 2.25. The average molecular weight is 287 g/mol. The Labute approximate surface area is 127 Å². The Balaban J connectivity index is 2.23. The Morgan fingerprint density at radius 3 is 2.86 bits per heavy atom. The van der Waals surface area contributed by atoms with E-state index in [0.717, 1.165) is 30.3 Å². The first-order chi connectivity index (χ1) is 10.1. The van der Waals surface area contributed by atoms with E-state index in [2.05, 4.69) is 36.7 Å². The summed E-state index contributed by atoms with van der Waals surface area (Å²) in [6, 6.07) is 6.57. The molecule has 2 rings (SSSR count). The zero-order valence-electron chi connectivity index (χ0n) is 13.2. The van der Waals surface area contributed by atoms with Gasteiger partial charge in [0.2, 0.25) is 0 Å². The molecule has 1 aromatic carbocycles. The molecule has 1 N–H and O–H groups in total. The van der Waals surface area contributed by atoms with Gasteiger partial charge in [-0.05, 0) is 49.4 Å². The number of hydrogen-bond acceptors (Lipinski definition) is 3. The number of benzene rings is 1. The average Bonchev–Trinajstić information content (AvgIpc) is 2.49. The maximum atomic E-state index is 8.91. The molecule has 3 heteroatoms. The third kappa shape index (κ3) is 4.23. The lowest BCUT2D eigenvalue weighted by Gasteiger charge is -2.37. The monoisotopic (exact) mass is 287 g/mol. The molecule has 0 aliphatic carbocycles. The Morgan fingerprint density at radius 2 is 2.14 bits per heavy atom. The number of likely N-dealkylation sites (tertiary alicyclic amines) is 1. The van der Waals surface area contributed by atoms with E-state index in [-0.39, 0.29) is 6.61 Å². The zero-order valence-corrected chi connectivity index (χ0v) is 13.2. The van der Waals surface area contributed by atoms with Crippen molar-refractivity contribution in [3.63, 3.8) is 0 Å². The molecule has 114 valence electrons. The minimum atomic E-state index is -0.109. The van der Waals surface area contributed by atoms with Gasteiger partial charge in [0.25, 0.3) is 0 Å². The van der Waals surface area contributed by atoms with Gasteiger partial charge in [-0.2, -0.15) is 0 Å². The van der Waals surface area contributed by atoms with Crippen LogP contribution in [0.3, 0.4) is 0 Å². The largest absolute Gasteiger partial charge is 0.497 e. The predicted octanol–water partition coefficient (Wildman–Crippen LogP) is 2.66. The molecule has 2 atom stereocenters. The van der Waals surface area contributed by atoms with Crippen molar-refractivity contribution in [2.24, 2.45) is 5.92 Å². The van der Waals surface area contributed by atoms with Crippen LogP contribution < -0.4 is 4.74 Å². The Kier molecular flexibility index (Phi) is 5.67. The van der Waals surface area contributed by atoms with Crippen molar-refractivity contribution in [1.29, 1.82) is 0 Å². The van der Waals surface area contributed by atoms with Gasteiger partial charge in [-0.15, -0.1) is 0 Å². The highest BCUT2D eigenvalue weighted by molar-refractivity contribution is 5.45. The van der Waals surface area contributed by atoms with E-state index >= 15 is 0 Å². The molecular weight excluding hydrogens is 262 g/mol. The lowest BCUT2D eigenvalue weighted by molar-refractivity contribution is 0.117. The number of piperidine rings is 1. The summed E-state index contributed by atoms with van der Waals surface area (Å²) >= 11 is 0. The first-order valence-electron chi connectivity index (χ1n) is 7.64. The number of aliphatic hydroxyl groups is 1. The summed E-state index contributed by atoms with van der Waals surface area (Å²) < 4.78 is 5.34. The molecular formula is C18H25NO2. The molecule has 0 spiro atoms. The Bertz CT molecular complexity index is 530. The van der Waals surface area contributed by atoms with Crippen LogP contribution in [0.2, 0.25) is 0 Å². The number of rotatable bonds is 3. The van der Waals surface area contributed by atoms with Crippen LogP contribution in [0.1, 0.15) is 37.8 Å². The summed E-state index contributed by atoms with van der Waals surface area (Å²) in [5.41, 5.74) is 2.16. The van der Waals surface area contributed by atoms with Crippen LogP contribution in [-0.4, -0.2) is 36.3 Å². The third-order valence-electron chi connectivity index (χ3n) is 4.23. The Hall–Kier alpha value is -1.50. The van der Waals surface area contributed by atoms with Gasteiger partial charge in [-0.3, -0.25) is 4.90 Å². The number of aliphatic hydroxyl groups excluding tert-OH is 1. The first-order valence-corrected chi connectivity index (χ1v) is 7.64. The fourth-order valence-corrected chi connectivity index (χ4v) is 2.90. The van der Waals surface area contributed by atoms with Gasteiger partial charge in [0.1, 0.15) is 12.4 Å². The zero-order chi connectivity index (χ0) is 15.2. The highest BCUT2D eigenvalue weighted by atomic mass is 16.5. The standard InChI is InChI=1S/C18H25NO2/c1-14-6-7-15(2)19(12-14)13-17-11-18(21-3)9-8-16(17)5-4-10-20/h8-9,11,14-15,20H,6-7,10,12-13H2,1-3H3. The maximum Gasteiger partial charge on any atom is 0.119 e. The summed E-state index contributed by atoms with van der Waals surface area (Å²) in [5, 5.41) is 8.91. The van der Waals surface area contributed by atoms with Gasteiger partial charge >= 0.3 is 0 Å². The highest BCUT2D eigenvalue weighted by Gasteiger charge is 2.23. The molecule has 0 amide bonds. The second kappa shape index (κ2) is 7.49. The smallest absolute Gasteiger partial charge is 0.119 e. The molecule has 21 heavy (non-hydrogen) atoms. The van der Waals surface area contributed by atoms with Crippen LogP contribution in [-0.2, 0) is 6.54 Å². The van der Waals surface area contributed by atoms with Crippen molar-refractivity contribution in [2.75, 3.05) is 20.3 Å². The van der Waals surface area contributed by atoms with E-state index < -0.39 is 0 Å². The molecule has 3 nitrogen and oxygen atoms in total. The fourth-order valence-electron chi connectivity index (χ4n) is 2.90. The summed E-state index contributed by atoms with van der Waals surface area (Å²) in [5.74, 6) is 7.40. The van der Waals surface area contributed by atoms with E-state index in [1.807, 2.05) is 12.1 Å². The normalized spacial score (nSPS) is 22.5. The van der Waals surface area contributed by atoms with E-state index in [1.54, 1.807) is 7.11 Å². The summed E-state index contributed by atoms with van der Waals surface area (Å²) in [6.45, 7) is 6.52. The SMILES string of the molecule is COc1ccc(C#CCO)c(CN2CC(C)CCC2C)c1. The molecule has 0 bridgehead atoms. The lowest BCUT2D eigenvalue weighted by atomic mass is 9.94. The van der Waals surface area contributed by atoms with E-state index in [9.17, 15) is 0 Å². The topological polar surface area (TPSA) is 32.7 Å². The molecule has 1 aromatic rings. The van der Waals surface area contributed by atoms with Crippen molar-refractivity contribution in [3.8, 4) is 17.6 Å². The van der Waals surface area contributed by atoms with Crippen LogP contribution in [0.4, 0.5) is 0 Å². The number of ether oxygens (including phenoxy) is 1. The number of nitrogens with zero attached hydrogens (tertiary/aromatic N) is 1. The van der Waals surface area contributed by atoms with Crippen LogP contribution in [0.5, 0.6) is 5.75 Å². The van der Waals surface area contributed by atoms with E-state index in [0.29, 0.717) is 6.04 Å². The maximum absolute atomic E-state index is 8.91. The van der Waals surface area contributed by atoms with Gasteiger partial charge in [0.15, 0.2) is 0 Å². The fraction of sp³-hybridized carbons (Fsp3) is 0.556. The second-order valence-corrected chi connectivity index (χ2v) is 5.94. The third-order valence-corrected chi connectivity index (χ3v) is 4.23. The molecule has 0 aromatic heterocycles. The number of methoxy groups -OCH3 is 1. The quantitative estimate of drug-likeness (QED) is 0.868. The van der Waals surface area contributed by atoms with Crippen molar-refractivity contribution >= 4 is 0 Å². The van der Waals surface area contributed by atoms with Gasteiger partial charge < -0.3 is 9.84 Å². The van der Waals surface area contributed by atoms with Crippen LogP contribution in [0.15, 0.2) is 18.2 Å². The minimum absolute atomic E-state index is 0.109. The van der Waals surface area contributed by atoms with Crippen LogP contribution in [0.25, 0.3) is 0 Å². The number of hydrogen-bond donors (Lipinski definition) is 1. The van der Waals surface area contributed by atoms with Crippen LogP contribution in [0, 0.1) is 17.8 Å². The van der Waals surface area contributed by atoms with Crippen molar-refractivity contribution in [2.45, 2.75) is 39.3 Å². The second-order valence-electron chi connectivity index (χ2n) is 5.94. The van der Waals surface area contributed by atoms with Crippen LogP contribution >= 0.6 is 0 Å². The summed E-state index contributed by atoms with van der Waals surface area (Å²) in [7, 11) is 1.68. The molecule has 2 unspecified atom stereocenters.